The predicted octanol–water partition coefficient (Wildman–Crippen LogP) is 4.34. The molecule has 17 heavy (non-hydrogen) atoms. The van der Waals surface area contributed by atoms with Crippen LogP contribution < -0.4 is 0 Å². The van der Waals surface area contributed by atoms with Gasteiger partial charge in [-0.2, -0.15) is 0 Å². The summed E-state index contributed by atoms with van der Waals surface area (Å²) in [6.07, 6.45) is 5.31. The Hall–Kier alpha value is -0.700. The molecule has 0 amide bonds. The quantitative estimate of drug-likeness (QED) is 0.768. The SMILES string of the molecule is CC(Cl)(Cn1ccnc1)c1ccc(Cl)cc1Cl. The van der Waals surface area contributed by atoms with E-state index in [2.05, 4.69) is 4.98 Å². The summed E-state index contributed by atoms with van der Waals surface area (Å²) in [7, 11) is 0. The molecule has 90 valence electrons. The minimum Gasteiger partial charge on any atom is -0.335 e. The van der Waals surface area contributed by atoms with E-state index in [-0.39, 0.29) is 0 Å². The minimum absolute atomic E-state index is 0.579. The maximum atomic E-state index is 6.53. The van der Waals surface area contributed by atoms with Gasteiger partial charge >= 0.3 is 0 Å². The normalized spacial score (nSPS) is 14.6. The number of aromatic nitrogens is 2. The Bertz CT molecular complexity index is 506. The summed E-state index contributed by atoms with van der Waals surface area (Å²) in [5.74, 6) is 0. The standard InChI is InChI=1S/C12H11Cl3N2/c1-12(15,7-17-5-4-16-8-17)10-3-2-9(13)6-11(10)14/h2-6,8H,7H2,1H3. The molecule has 2 nitrogen and oxygen atoms in total. The number of nitrogens with zero attached hydrogens (tertiary/aromatic N) is 2. The fraction of sp³-hybridized carbons (Fsp3) is 0.250. The molecule has 0 bridgehead atoms. The molecule has 2 aromatic rings. The van der Waals surface area contributed by atoms with Crippen LogP contribution in [0.5, 0.6) is 0 Å². The fourth-order valence-corrected chi connectivity index (χ4v) is 2.69. The molecule has 0 aliphatic heterocycles. The largest absolute Gasteiger partial charge is 0.335 e. The molecule has 1 aromatic heterocycles. The van der Waals surface area contributed by atoms with Crippen molar-refractivity contribution in [2.45, 2.75) is 18.3 Å². The van der Waals surface area contributed by atoms with Gasteiger partial charge in [0, 0.05) is 29.0 Å². The lowest BCUT2D eigenvalue weighted by Gasteiger charge is -2.24. The number of hydrogen-bond acceptors (Lipinski definition) is 1. The molecule has 2 rings (SSSR count). The van der Waals surface area contributed by atoms with Crippen molar-refractivity contribution in [3.8, 4) is 0 Å². The van der Waals surface area contributed by atoms with Crippen molar-refractivity contribution in [2.75, 3.05) is 0 Å². The van der Waals surface area contributed by atoms with Crippen LogP contribution in [-0.4, -0.2) is 9.55 Å². The fourth-order valence-electron chi connectivity index (χ4n) is 1.72. The van der Waals surface area contributed by atoms with Gasteiger partial charge in [-0.25, -0.2) is 4.98 Å². The lowest BCUT2D eigenvalue weighted by Crippen LogP contribution is -2.21. The zero-order chi connectivity index (χ0) is 12.5. The van der Waals surface area contributed by atoms with Gasteiger partial charge < -0.3 is 4.57 Å². The molecular formula is C12H11Cl3N2. The van der Waals surface area contributed by atoms with Gasteiger partial charge in [0.1, 0.15) is 0 Å². The van der Waals surface area contributed by atoms with E-state index in [0.717, 1.165) is 5.56 Å². The van der Waals surface area contributed by atoms with Crippen LogP contribution in [0.4, 0.5) is 0 Å². The van der Waals surface area contributed by atoms with E-state index in [1.54, 1.807) is 24.7 Å². The Morgan fingerprint density at radius 2 is 2.12 bits per heavy atom. The van der Waals surface area contributed by atoms with Gasteiger partial charge in [0.15, 0.2) is 0 Å². The third-order valence-corrected chi connectivity index (χ3v) is 3.40. The van der Waals surface area contributed by atoms with Crippen molar-refractivity contribution in [1.29, 1.82) is 0 Å². The van der Waals surface area contributed by atoms with E-state index in [1.807, 2.05) is 23.8 Å². The summed E-state index contributed by atoms with van der Waals surface area (Å²) in [5.41, 5.74) is 0.860. The highest BCUT2D eigenvalue weighted by atomic mass is 35.5. The summed E-state index contributed by atoms with van der Waals surface area (Å²) >= 11 is 18.6. The highest BCUT2D eigenvalue weighted by molar-refractivity contribution is 6.36. The lowest BCUT2D eigenvalue weighted by atomic mass is 10.00. The van der Waals surface area contributed by atoms with Crippen LogP contribution in [0.1, 0.15) is 12.5 Å². The highest BCUT2D eigenvalue weighted by Gasteiger charge is 2.26. The molecule has 1 unspecified atom stereocenters. The molecule has 0 fully saturated rings. The maximum absolute atomic E-state index is 6.53. The van der Waals surface area contributed by atoms with Crippen molar-refractivity contribution in [1.82, 2.24) is 9.55 Å². The Balaban J connectivity index is 2.30. The molecule has 1 aromatic carbocycles. The van der Waals surface area contributed by atoms with Crippen LogP contribution in [0.3, 0.4) is 0 Å². The van der Waals surface area contributed by atoms with E-state index >= 15 is 0 Å². The topological polar surface area (TPSA) is 17.8 Å². The molecule has 0 aliphatic rings. The number of hydrogen-bond donors (Lipinski definition) is 0. The number of benzene rings is 1. The van der Waals surface area contributed by atoms with Crippen LogP contribution in [0, 0.1) is 0 Å². The Morgan fingerprint density at radius 1 is 1.35 bits per heavy atom. The Kier molecular flexibility index (Phi) is 3.67. The molecule has 0 saturated carbocycles. The minimum atomic E-state index is -0.595. The van der Waals surface area contributed by atoms with Crippen LogP contribution in [0.2, 0.25) is 10.0 Å². The average molecular weight is 290 g/mol. The van der Waals surface area contributed by atoms with E-state index in [1.165, 1.54) is 0 Å². The van der Waals surface area contributed by atoms with Gasteiger partial charge in [-0.15, -0.1) is 11.6 Å². The van der Waals surface area contributed by atoms with Crippen LogP contribution in [0.25, 0.3) is 0 Å². The average Bonchev–Trinajstić information content (AvgIpc) is 2.68. The van der Waals surface area contributed by atoms with E-state index in [9.17, 15) is 0 Å². The van der Waals surface area contributed by atoms with Crippen molar-refractivity contribution in [2.24, 2.45) is 0 Å². The first kappa shape index (κ1) is 12.7. The molecular weight excluding hydrogens is 279 g/mol. The molecule has 0 spiro atoms. The van der Waals surface area contributed by atoms with E-state index in [4.69, 9.17) is 34.8 Å². The monoisotopic (exact) mass is 288 g/mol. The van der Waals surface area contributed by atoms with Crippen molar-refractivity contribution in [3.05, 3.63) is 52.5 Å². The van der Waals surface area contributed by atoms with Gasteiger partial charge in [-0.1, -0.05) is 29.3 Å². The molecule has 0 N–H and O–H groups in total. The second-order valence-corrected chi connectivity index (χ2v) is 5.73. The number of alkyl halides is 1. The Labute approximate surface area is 115 Å². The van der Waals surface area contributed by atoms with E-state index < -0.39 is 4.87 Å². The number of imidazole rings is 1. The first-order valence-corrected chi connectivity index (χ1v) is 6.22. The molecule has 1 heterocycles. The van der Waals surface area contributed by atoms with E-state index in [0.29, 0.717) is 16.6 Å². The first-order chi connectivity index (χ1) is 7.99. The Morgan fingerprint density at radius 3 is 2.71 bits per heavy atom. The summed E-state index contributed by atoms with van der Waals surface area (Å²) in [6.45, 7) is 2.51. The van der Waals surface area contributed by atoms with Crippen molar-refractivity contribution in [3.63, 3.8) is 0 Å². The lowest BCUT2D eigenvalue weighted by molar-refractivity contribution is 0.540. The van der Waals surface area contributed by atoms with Gasteiger partial charge in [0.05, 0.1) is 11.2 Å². The first-order valence-electron chi connectivity index (χ1n) is 5.09. The summed E-state index contributed by atoms with van der Waals surface area (Å²) in [5, 5.41) is 1.18. The van der Waals surface area contributed by atoms with Gasteiger partial charge in [0.25, 0.3) is 0 Å². The molecule has 1 atom stereocenters. The zero-order valence-electron chi connectivity index (χ0n) is 9.20. The highest BCUT2D eigenvalue weighted by Crippen LogP contribution is 2.36. The predicted molar refractivity (Wildman–Crippen MR) is 71.9 cm³/mol. The van der Waals surface area contributed by atoms with Gasteiger partial charge in [-0.3, -0.25) is 0 Å². The smallest absolute Gasteiger partial charge is 0.0946 e. The second-order valence-electron chi connectivity index (χ2n) is 4.06. The molecule has 5 heteroatoms. The number of halogens is 3. The third kappa shape index (κ3) is 2.95. The van der Waals surface area contributed by atoms with Gasteiger partial charge in [-0.05, 0) is 24.6 Å². The van der Waals surface area contributed by atoms with Crippen LogP contribution in [0.15, 0.2) is 36.9 Å². The van der Waals surface area contributed by atoms with Crippen LogP contribution >= 0.6 is 34.8 Å². The number of rotatable bonds is 3. The third-order valence-electron chi connectivity index (χ3n) is 2.53. The molecule has 0 radical (unpaired) electrons. The second kappa shape index (κ2) is 4.89. The van der Waals surface area contributed by atoms with Crippen molar-refractivity contribution >= 4 is 34.8 Å². The van der Waals surface area contributed by atoms with Crippen LogP contribution in [-0.2, 0) is 11.4 Å². The molecule has 0 aliphatic carbocycles. The maximum Gasteiger partial charge on any atom is 0.0946 e. The molecule has 0 saturated heterocycles. The summed E-state index contributed by atoms with van der Waals surface area (Å²) < 4.78 is 1.91. The van der Waals surface area contributed by atoms with Crippen molar-refractivity contribution < 1.29 is 0 Å². The summed E-state index contributed by atoms with van der Waals surface area (Å²) in [4.78, 5) is 3.39. The van der Waals surface area contributed by atoms with Gasteiger partial charge in [0.2, 0.25) is 0 Å². The summed E-state index contributed by atoms with van der Waals surface area (Å²) in [6, 6.07) is 5.35. The zero-order valence-corrected chi connectivity index (χ0v) is 11.5.